The number of carbonyl (C=O) groups is 2. The van der Waals surface area contributed by atoms with Crippen molar-refractivity contribution in [3.8, 4) is 0 Å². The zero-order valence-electron chi connectivity index (χ0n) is 8.32. The van der Waals surface area contributed by atoms with Crippen LogP contribution in [-0.4, -0.2) is 47.4 Å². The molecular weight excluding hydrogens is 266 g/mol. The molecular formula is C6H10ClO8P. The van der Waals surface area contributed by atoms with E-state index in [0.717, 1.165) is 14.2 Å². The highest BCUT2D eigenvalue weighted by molar-refractivity contribution is 7.46. The average molecular weight is 277 g/mol. The van der Waals surface area contributed by atoms with Crippen LogP contribution in [0.2, 0.25) is 0 Å². The van der Waals surface area contributed by atoms with Crippen LogP contribution in [0.3, 0.4) is 0 Å². The normalized spacial score (nSPS) is 15.1. The van der Waals surface area contributed by atoms with E-state index in [9.17, 15) is 14.2 Å². The Morgan fingerprint density at radius 1 is 1.19 bits per heavy atom. The second-order valence-corrected chi connectivity index (χ2v) is 4.13. The van der Waals surface area contributed by atoms with Gasteiger partial charge in [-0.25, -0.2) is 9.36 Å². The number of esters is 2. The number of carbonyl (C=O) groups excluding carboxylic acids is 2. The third-order valence-electron chi connectivity index (χ3n) is 1.38. The van der Waals surface area contributed by atoms with Gasteiger partial charge in [-0.15, -0.1) is 11.6 Å². The Bertz CT molecular complexity index is 312. The molecule has 2 atom stereocenters. The van der Waals surface area contributed by atoms with E-state index in [2.05, 4.69) is 14.0 Å². The molecule has 0 aliphatic heterocycles. The Balaban J connectivity index is 4.87. The fraction of sp³-hybridized carbons (Fsp3) is 0.667. The molecule has 8 nitrogen and oxygen atoms in total. The maximum Gasteiger partial charge on any atom is 0.470 e. The third-order valence-corrected chi connectivity index (χ3v) is 2.29. The molecule has 0 aliphatic carbocycles. The number of ether oxygens (including phenoxy) is 2. The molecule has 0 heterocycles. The van der Waals surface area contributed by atoms with Crippen LogP contribution in [0, 0.1) is 0 Å². The second-order valence-electron chi connectivity index (χ2n) is 2.46. The SMILES string of the molecule is COC(=O)[C@@H](Cl)[C@H](OP(=O)(O)O)C(=O)OC. The van der Waals surface area contributed by atoms with E-state index < -0.39 is 31.2 Å². The molecule has 0 aromatic rings. The summed E-state index contributed by atoms with van der Waals surface area (Å²) in [6.07, 6.45) is -1.94. The van der Waals surface area contributed by atoms with Gasteiger partial charge in [0.05, 0.1) is 14.2 Å². The molecule has 0 bridgehead atoms. The maximum absolute atomic E-state index is 11.1. The molecule has 0 radical (unpaired) electrons. The highest BCUT2D eigenvalue weighted by Crippen LogP contribution is 2.39. The van der Waals surface area contributed by atoms with Crippen LogP contribution >= 0.6 is 19.4 Å². The van der Waals surface area contributed by atoms with E-state index in [1.54, 1.807) is 0 Å². The van der Waals surface area contributed by atoms with Gasteiger partial charge in [0.25, 0.3) is 0 Å². The Morgan fingerprint density at radius 2 is 1.62 bits per heavy atom. The Kier molecular flexibility index (Phi) is 5.91. The first-order chi connectivity index (χ1) is 7.22. The second kappa shape index (κ2) is 6.17. The first-order valence-corrected chi connectivity index (χ1v) is 5.73. The topological polar surface area (TPSA) is 119 Å². The summed E-state index contributed by atoms with van der Waals surface area (Å²) in [5, 5.41) is -1.72. The molecule has 0 saturated heterocycles. The monoisotopic (exact) mass is 276 g/mol. The van der Waals surface area contributed by atoms with Crippen LogP contribution in [0.1, 0.15) is 0 Å². The van der Waals surface area contributed by atoms with Crippen LogP contribution in [0.5, 0.6) is 0 Å². The molecule has 0 aliphatic rings. The van der Waals surface area contributed by atoms with Gasteiger partial charge in [-0.05, 0) is 0 Å². The van der Waals surface area contributed by atoms with Crippen molar-refractivity contribution in [2.75, 3.05) is 14.2 Å². The molecule has 10 heteroatoms. The van der Waals surface area contributed by atoms with E-state index in [1.165, 1.54) is 0 Å². The molecule has 0 aromatic heterocycles. The minimum Gasteiger partial charge on any atom is -0.468 e. The number of alkyl halides is 1. The van der Waals surface area contributed by atoms with E-state index in [-0.39, 0.29) is 0 Å². The molecule has 2 N–H and O–H groups in total. The van der Waals surface area contributed by atoms with Crippen LogP contribution in [0.25, 0.3) is 0 Å². The molecule has 16 heavy (non-hydrogen) atoms. The average Bonchev–Trinajstić information content (AvgIpc) is 2.21. The predicted octanol–water partition coefficient (Wildman–Crippen LogP) is -0.582. The molecule has 0 fully saturated rings. The van der Waals surface area contributed by atoms with Gasteiger partial charge in [-0.3, -0.25) is 9.32 Å². The lowest BCUT2D eigenvalue weighted by molar-refractivity contribution is -0.155. The smallest absolute Gasteiger partial charge is 0.468 e. The molecule has 0 saturated carbocycles. The number of hydrogen-bond donors (Lipinski definition) is 2. The van der Waals surface area contributed by atoms with Gasteiger partial charge in [-0.1, -0.05) is 0 Å². The summed E-state index contributed by atoms with van der Waals surface area (Å²) in [4.78, 5) is 39.0. The van der Waals surface area contributed by atoms with Crippen molar-refractivity contribution in [3.05, 3.63) is 0 Å². The highest BCUT2D eigenvalue weighted by Gasteiger charge is 2.39. The van der Waals surface area contributed by atoms with E-state index >= 15 is 0 Å². The summed E-state index contributed by atoms with van der Waals surface area (Å²) >= 11 is 5.43. The molecule has 0 rings (SSSR count). The summed E-state index contributed by atoms with van der Waals surface area (Å²) < 4.78 is 22.9. The van der Waals surface area contributed by atoms with Gasteiger partial charge in [0, 0.05) is 0 Å². The van der Waals surface area contributed by atoms with Crippen molar-refractivity contribution in [3.63, 3.8) is 0 Å². The van der Waals surface area contributed by atoms with Gasteiger partial charge >= 0.3 is 19.8 Å². The Hall–Kier alpha value is -0.660. The number of rotatable bonds is 5. The lowest BCUT2D eigenvalue weighted by Crippen LogP contribution is -2.39. The lowest BCUT2D eigenvalue weighted by atomic mass is 10.2. The van der Waals surface area contributed by atoms with E-state index in [1.807, 2.05) is 0 Å². The number of halogens is 1. The van der Waals surface area contributed by atoms with E-state index in [0.29, 0.717) is 0 Å². The van der Waals surface area contributed by atoms with Crippen molar-refractivity contribution < 1.29 is 37.9 Å². The minimum atomic E-state index is -4.99. The Labute approximate surface area is 95.7 Å². The maximum atomic E-state index is 11.1. The number of hydrogen-bond acceptors (Lipinski definition) is 6. The molecule has 0 unspecified atom stereocenters. The fourth-order valence-corrected chi connectivity index (χ4v) is 1.53. The number of phosphoric ester groups is 1. The zero-order valence-corrected chi connectivity index (χ0v) is 9.97. The first kappa shape index (κ1) is 15.3. The quantitative estimate of drug-likeness (QED) is 0.389. The van der Waals surface area contributed by atoms with E-state index in [4.69, 9.17) is 21.4 Å². The van der Waals surface area contributed by atoms with Crippen LogP contribution in [-0.2, 0) is 28.2 Å². The molecule has 0 amide bonds. The van der Waals surface area contributed by atoms with Crippen LogP contribution < -0.4 is 0 Å². The summed E-state index contributed by atoms with van der Waals surface area (Å²) in [5.41, 5.74) is 0. The molecule has 94 valence electrons. The zero-order chi connectivity index (χ0) is 12.9. The van der Waals surface area contributed by atoms with Crippen molar-refractivity contribution in [2.45, 2.75) is 11.5 Å². The molecule has 0 aromatic carbocycles. The number of methoxy groups -OCH3 is 2. The van der Waals surface area contributed by atoms with Crippen LogP contribution in [0.15, 0.2) is 0 Å². The summed E-state index contributed by atoms with van der Waals surface area (Å²) in [6, 6.07) is 0. The standard InChI is InChI=1S/C6H10ClO8P/c1-13-5(8)3(7)4(6(9)14-2)15-16(10,11)12/h3-4H,1-2H3,(H2,10,11,12)/t3-,4-/m0/s1. The van der Waals surface area contributed by atoms with Gasteiger partial charge in [0.2, 0.25) is 0 Å². The van der Waals surface area contributed by atoms with Gasteiger partial charge in [0.15, 0.2) is 11.5 Å². The predicted molar refractivity (Wildman–Crippen MR) is 50.6 cm³/mol. The third kappa shape index (κ3) is 4.91. The minimum absolute atomic E-state index is 0.944. The van der Waals surface area contributed by atoms with Crippen LogP contribution in [0.4, 0.5) is 0 Å². The summed E-state index contributed by atoms with van der Waals surface area (Å²) in [7, 11) is -3.05. The van der Waals surface area contributed by atoms with Crippen molar-refractivity contribution >= 4 is 31.4 Å². The van der Waals surface area contributed by atoms with Crippen molar-refractivity contribution in [1.82, 2.24) is 0 Å². The largest absolute Gasteiger partial charge is 0.470 e. The fourth-order valence-electron chi connectivity index (χ4n) is 0.716. The molecule has 0 spiro atoms. The summed E-state index contributed by atoms with van der Waals surface area (Å²) in [5.74, 6) is -2.28. The lowest BCUT2D eigenvalue weighted by Gasteiger charge is -2.18. The van der Waals surface area contributed by atoms with Gasteiger partial charge < -0.3 is 19.3 Å². The highest BCUT2D eigenvalue weighted by atomic mass is 35.5. The van der Waals surface area contributed by atoms with Gasteiger partial charge in [-0.2, -0.15) is 0 Å². The van der Waals surface area contributed by atoms with Gasteiger partial charge in [0.1, 0.15) is 0 Å². The van der Waals surface area contributed by atoms with Crippen molar-refractivity contribution in [1.29, 1.82) is 0 Å². The number of phosphoric acid groups is 1. The Morgan fingerprint density at radius 3 is 1.94 bits per heavy atom. The van der Waals surface area contributed by atoms with Crippen molar-refractivity contribution in [2.24, 2.45) is 0 Å². The summed E-state index contributed by atoms with van der Waals surface area (Å²) in [6.45, 7) is 0. The first-order valence-electron chi connectivity index (χ1n) is 3.76.